The number of epoxide rings is 1. The molecule has 2 aromatic carbocycles. The zero-order valence-electron chi connectivity index (χ0n) is 14.1. The van der Waals surface area contributed by atoms with Gasteiger partial charge in [0.15, 0.2) is 6.10 Å². The van der Waals surface area contributed by atoms with Gasteiger partial charge in [0.25, 0.3) is 5.91 Å². The Balaban J connectivity index is 1.63. The van der Waals surface area contributed by atoms with E-state index < -0.39 is 18.1 Å². The van der Waals surface area contributed by atoms with Gasteiger partial charge in [-0.2, -0.15) is 0 Å². The summed E-state index contributed by atoms with van der Waals surface area (Å²) in [5.41, 5.74) is 1.86. The molecule has 0 spiro atoms. The van der Waals surface area contributed by atoms with Crippen LogP contribution >= 0.6 is 0 Å². The van der Waals surface area contributed by atoms with Crippen LogP contribution in [0.15, 0.2) is 60.7 Å². The Morgan fingerprint density at radius 1 is 1.04 bits per heavy atom. The molecule has 5 heteroatoms. The number of nitrogens with one attached hydrogen (secondary N) is 1. The fourth-order valence-electron chi connectivity index (χ4n) is 2.59. The van der Waals surface area contributed by atoms with Gasteiger partial charge in [-0.15, -0.1) is 0 Å². The van der Waals surface area contributed by atoms with Crippen molar-refractivity contribution in [3.63, 3.8) is 0 Å². The van der Waals surface area contributed by atoms with Crippen molar-refractivity contribution in [2.24, 2.45) is 0 Å². The number of hydrogen-bond donors (Lipinski definition) is 1. The predicted octanol–water partition coefficient (Wildman–Crippen LogP) is 2.24. The minimum atomic E-state index is -0.741. The van der Waals surface area contributed by atoms with Gasteiger partial charge >= 0.3 is 5.97 Å². The van der Waals surface area contributed by atoms with Crippen LogP contribution in [0.4, 0.5) is 0 Å². The molecule has 0 aromatic heterocycles. The second-order valence-electron chi connectivity index (χ2n) is 6.11. The van der Waals surface area contributed by atoms with Crippen molar-refractivity contribution in [1.29, 1.82) is 0 Å². The first kappa shape index (κ1) is 17.2. The molecule has 3 rings (SSSR count). The smallest absolute Gasteiger partial charge is 0.329 e. The van der Waals surface area contributed by atoms with Crippen LogP contribution in [0.5, 0.6) is 0 Å². The second-order valence-corrected chi connectivity index (χ2v) is 6.11. The summed E-state index contributed by atoms with van der Waals surface area (Å²) in [7, 11) is 0. The normalized spacial score (nSPS) is 19.7. The van der Waals surface area contributed by atoms with E-state index in [1.165, 1.54) is 0 Å². The minimum absolute atomic E-state index is 0.0993. The van der Waals surface area contributed by atoms with Gasteiger partial charge in [-0.1, -0.05) is 60.7 Å². The Kier molecular flexibility index (Phi) is 5.46. The minimum Gasteiger partial charge on any atom is -0.459 e. The van der Waals surface area contributed by atoms with Gasteiger partial charge in [0.05, 0.1) is 6.10 Å². The molecule has 0 saturated carbocycles. The van der Waals surface area contributed by atoms with Crippen LogP contribution in [0, 0.1) is 0 Å². The first-order valence-electron chi connectivity index (χ1n) is 8.34. The fourth-order valence-corrected chi connectivity index (χ4v) is 2.59. The second kappa shape index (κ2) is 7.94. The van der Waals surface area contributed by atoms with Crippen molar-refractivity contribution in [3.05, 3.63) is 71.8 Å². The number of amides is 1. The third-order valence-electron chi connectivity index (χ3n) is 4.08. The van der Waals surface area contributed by atoms with Crippen LogP contribution in [0.2, 0.25) is 0 Å². The van der Waals surface area contributed by atoms with E-state index in [-0.39, 0.29) is 18.6 Å². The third kappa shape index (κ3) is 4.90. The lowest BCUT2D eigenvalue weighted by atomic mass is 10.1. The number of hydrogen-bond acceptors (Lipinski definition) is 4. The summed E-state index contributed by atoms with van der Waals surface area (Å²) in [6.07, 6.45) is -0.195. The van der Waals surface area contributed by atoms with E-state index in [4.69, 9.17) is 9.47 Å². The van der Waals surface area contributed by atoms with E-state index in [1.807, 2.05) is 67.6 Å². The summed E-state index contributed by atoms with van der Waals surface area (Å²) < 4.78 is 10.6. The van der Waals surface area contributed by atoms with Crippen LogP contribution in [0.1, 0.15) is 18.1 Å². The van der Waals surface area contributed by atoms with Gasteiger partial charge in [-0.25, -0.2) is 4.79 Å². The summed E-state index contributed by atoms with van der Waals surface area (Å²) in [6, 6.07) is 18.2. The monoisotopic (exact) mass is 339 g/mol. The molecule has 0 radical (unpaired) electrons. The Labute approximate surface area is 147 Å². The van der Waals surface area contributed by atoms with E-state index >= 15 is 0 Å². The molecule has 5 nitrogen and oxygen atoms in total. The summed E-state index contributed by atoms with van der Waals surface area (Å²) >= 11 is 0. The maximum Gasteiger partial charge on any atom is 0.329 e. The average molecular weight is 339 g/mol. The van der Waals surface area contributed by atoms with Crippen LogP contribution < -0.4 is 5.32 Å². The third-order valence-corrected chi connectivity index (χ3v) is 4.08. The number of carbonyl (C=O) groups excluding carboxylic acids is 2. The van der Waals surface area contributed by atoms with E-state index in [9.17, 15) is 9.59 Å². The molecule has 2 aromatic rings. The molecule has 1 fully saturated rings. The summed E-state index contributed by atoms with van der Waals surface area (Å²) in [4.78, 5) is 24.7. The van der Waals surface area contributed by atoms with Crippen LogP contribution in [-0.2, 0) is 32.1 Å². The van der Waals surface area contributed by atoms with E-state index in [0.29, 0.717) is 6.42 Å². The van der Waals surface area contributed by atoms with E-state index in [1.54, 1.807) is 0 Å². The van der Waals surface area contributed by atoms with E-state index in [0.717, 1.165) is 11.1 Å². The molecule has 0 bridgehead atoms. The SMILES string of the molecule is C[C@@H]1O[C@@H]1C(=O)N[C@@H](Cc1ccccc1)C(=O)OCc1ccccc1. The van der Waals surface area contributed by atoms with Crippen LogP contribution in [-0.4, -0.2) is 30.1 Å². The highest BCUT2D eigenvalue weighted by Crippen LogP contribution is 2.21. The summed E-state index contributed by atoms with van der Waals surface area (Å²) in [6.45, 7) is 2.00. The first-order valence-corrected chi connectivity index (χ1v) is 8.34. The Morgan fingerprint density at radius 3 is 2.16 bits per heavy atom. The molecule has 1 N–H and O–H groups in total. The zero-order valence-corrected chi connectivity index (χ0v) is 14.1. The van der Waals surface area contributed by atoms with Crippen molar-refractivity contribution in [2.75, 3.05) is 0 Å². The molecular formula is C20H21NO4. The van der Waals surface area contributed by atoms with Gasteiger partial charge in [-0.3, -0.25) is 4.79 Å². The van der Waals surface area contributed by atoms with Gasteiger partial charge in [-0.05, 0) is 18.1 Å². The van der Waals surface area contributed by atoms with Gasteiger partial charge in [0.1, 0.15) is 12.6 Å². The molecule has 1 aliphatic rings. The van der Waals surface area contributed by atoms with Crippen LogP contribution in [0.25, 0.3) is 0 Å². The Bertz CT molecular complexity index is 717. The lowest BCUT2D eigenvalue weighted by Gasteiger charge is -2.17. The molecular weight excluding hydrogens is 318 g/mol. The largest absolute Gasteiger partial charge is 0.459 e. The number of rotatable bonds is 7. The first-order chi connectivity index (χ1) is 12.1. The van der Waals surface area contributed by atoms with Crippen molar-refractivity contribution in [2.45, 2.75) is 38.2 Å². The van der Waals surface area contributed by atoms with Crippen molar-refractivity contribution in [1.82, 2.24) is 5.32 Å². The highest BCUT2D eigenvalue weighted by molar-refractivity contribution is 5.88. The maximum atomic E-state index is 12.5. The highest BCUT2D eigenvalue weighted by Gasteiger charge is 2.42. The zero-order chi connectivity index (χ0) is 17.6. The summed E-state index contributed by atoms with van der Waals surface area (Å²) in [5.74, 6) is -0.723. The van der Waals surface area contributed by atoms with Gasteiger partial charge in [0, 0.05) is 6.42 Å². The molecule has 0 unspecified atom stereocenters. The van der Waals surface area contributed by atoms with Crippen LogP contribution in [0.3, 0.4) is 0 Å². The molecule has 130 valence electrons. The molecule has 1 amide bonds. The quantitative estimate of drug-likeness (QED) is 0.620. The molecule has 1 saturated heterocycles. The molecule has 1 aliphatic heterocycles. The number of benzene rings is 2. The summed E-state index contributed by atoms with van der Waals surface area (Å²) in [5, 5.41) is 2.76. The van der Waals surface area contributed by atoms with E-state index in [2.05, 4.69) is 5.32 Å². The number of esters is 1. The van der Waals surface area contributed by atoms with Crippen molar-refractivity contribution in [3.8, 4) is 0 Å². The lowest BCUT2D eigenvalue weighted by molar-refractivity contribution is -0.149. The fraction of sp³-hybridized carbons (Fsp3) is 0.300. The molecule has 0 aliphatic carbocycles. The standard InChI is InChI=1S/C20H21NO4/c1-14-18(25-14)19(22)21-17(12-15-8-4-2-5-9-15)20(23)24-13-16-10-6-3-7-11-16/h2-11,14,17-18H,12-13H2,1H3,(H,21,22)/t14-,17-,18-/m0/s1. The van der Waals surface area contributed by atoms with Gasteiger partial charge < -0.3 is 14.8 Å². The number of carbonyl (C=O) groups is 2. The predicted molar refractivity (Wildman–Crippen MR) is 92.6 cm³/mol. The van der Waals surface area contributed by atoms with Crippen molar-refractivity contribution < 1.29 is 19.1 Å². The lowest BCUT2D eigenvalue weighted by Crippen LogP contribution is -2.45. The number of ether oxygens (including phenoxy) is 2. The topological polar surface area (TPSA) is 67.9 Å². The molecule has 3 atom stereocenters. The van der Waals surface area contributed by atoms with Crippen molar-refractivity contribution >= 4 is 11.9 Å². The Hall–Kier alpha value is -2.66. The Morgan fingerprint density at radius 2 is 1.60 bits per heavy atom. The van der Waals surface area contributed by atoms with Gasteiger partial charge in [0.2, 0.25) is 0 Å². The molecule has 1 heterocycles. The highest BCUT2D eigenvalue weighted by atomic mass is 16.6. The maximum absolute atomic E-state index is 12.5. The molecule has 25 heavy (non-hydrogen) atoms. The average Bonchev–Trinajstić information content (AvgIpc) is 3.38.